The molecule has 5 heteroatoms. The summed E-state index contributed by atoms with van der Waals surface area (Å²) < 4.78 is 1.75. The van der Waals surface area contributed by atoms with E-state index >= 15 is 0 Å². The van der Waals surface area contributed by atoms with Gasteiger partial charge in [0.2, 0.25) is 0 Å². The Hall–Kier alpha value is -1.03. The number of benzene rings is 1. The number of hydrogen-bond acceptors (Lipinski definition) is 2. The van der Waals surface area contributed by atoms with Crippen LogP contribution in [-0.4, -0.2) is 14.9 Å². The Bertz CT molecular complexity index is 588. The van der Waals surface area contributed by atoms with Gasteiger partial charge in [-0.15, -0.1) is 0 Å². The molecular formula is C14H14Cl2N2O. The summed E-state index contributed by atoms with van der Waals surface area (Å²) in [5.74, 6) is 0.478. The third-order valence-corrected chi connectivity index (χ3v) is 4.06. The van der Waals surface area contributed by atoms with E-state index in [1.807, 2.05) is 24.3 Å². The van der Waals surface area contributed by atoms with E-state index in [1.165, 1.54) is 0 Å². The van der Waals surface area contributed by atoms with Crippen LogP contribution in [0.2, 0.25) is 10.2 Å². The van der Waals surface area contributed by atoms with Gasteiger partial charge in [0, 0.05) is 16.5 Å². The first kappa shape index (κ1) is 13.0. The summed E-state index contributed by atoms with van der Waals surface area (Å²) in [7, 11) is 0. The lowest BCUT2D eigenvalue weighted by Crippen LogP contribution is -2.02. The largest absolute Gasteiger partial charge is 0.391 e. The first-order chi connectivity index (χ1) is 9.19. The van der Waals surface area contributed by atoms with E-state index < -0.39 is 0 Å². The van der Waals surface area contributed by atoms with Gasteiger partial charge in [-0.05, 0) is 30.5 Å². The number of aliphatic hydroxyl groups is 1. The van der Waals surface area contributed by atoms with Gasteiger partial charge in [-0.2, -0.15) is 5.10 Å². The Balaban J connectivity index is 1.90. The van der Waals surface area contributed by atoms with Gasteiger partial charge in [-0.25, -0.2) is 4.68 Å². The summed E-state index contributed by atoms with van der Waals surface area (Å²) in [6.45, 7) is 0.543. The summed E-state index contributed by atoms with van der Waals surface area (Å²) in [4.78, 5) is 0. The molecule has 1 fully saturated rings. The molecule has 3 rings (SSSR count). The van der Waals surface area contributed by atoms with Crippen LogP contribution in [-0.2, 0) is 13.2 Å². The molecule has 0 bridgehead atoms. The normalized spacial score (nSPS) is 14.9. The zero-order valence-corrected chi connectivity index (χ0v) is 11.8. The standard InChI is InChI=1S/C14H14Cl2N2O/c15-11-5-1-9(2-6-11)7-18-14(16)12(8-19)13(17-18)10-3-4-10/h1-2,5-6,10,19H,3-4,7-8H2. The highest BCUT2D eigenvalue weighted by atomic mass is 35.5. The predicted octanol–water partition coefficient (Wildman–Crippen LogP) is 3.61. The second kappa shape index (κ2) is 5.16. The smallest absolute Gasteiger partial charge is 0.133 e. The molecule has 0 unspecified atom stereocenters. The maximum atomic E-state index is 9.44. The van der Waals surface area contributed by atoms with Crippen molar-refractivity contribution >= 4 is 23.2 Å². The molecule has 19 heavy (non-hydrogen) atoms. The van der Waals surface area contributed by atoms with Crippen molar-refractivity contribution in [1.29, 1.82) is 0 Å². The highest BCUT2D eigenvalue weighted by molar-refractivity contribution is 6.30. The van der Waals surface area contributed by atoms with Crippen molar-refractivity contribution in [1.82, 2.24) is 9.78 Å². The fourth-order valence-electron chi connectivity index (χ4n) is 2.19. The molecule has 0 radical (unpaired) electrons. The summed E-state index contributed by atoms with van der Waals surface area (Å²) >= 11 is 12.2. The van der Waals surface area contributed by atoms with Crippen LogP contribution in [0, 0.1) is 0 Å². The average molecular weight is 297 g/mol. The van der Waals surface area contributed by atoms with Crippen molar-refractivity contribution in [2.45, 2.75) is 31.9 Å². The van der Waals surface area contributed by atoms with E-state index in [-0.39, 0.29) is 6.61 Å². The molecule has 0 spiro atoms. The molecule has 0 saturated heterocycles. The lowest BCUT2D eigenvalue weighted by molar-refractivity contribution is 0.280. The van der Waals surface area contributed by atoms with Crippen LogP contribution in [0.4, 0.5) is 0 Å². The van der Waals surface area contributed by atoms with Crippen LogP contribution in [0.3, 0.4) is 0 Å². The minimum Gasteiger partial charge on any atom is -0.391 e. The van der Waals surface area contributed by atoms with Crippen molar-refractivity contribution < 1.29 is 5.11 Å². The minimum absolute atomic E-state index is 0.0503. The average Bonchev–Trinajstić information content (AvgIpc) is 3.19. The maximum absolute atomic E-state index is 9.44. The first-order valence-corrected chi connectivity index (χ1v) is 7.05. The van der Waals surface area contributed by atoms with Crippen LogP contribution in [0.5, 0.6) is 0 Å². The molecule has 1 aromatic heterocycles. The number of hydrogen-bond donors (Lipinski definition) is 1. The Labute approximate surface area is 121 Å². The van der Waals surface area contributed by atoms with Crippen LogP contribution in [0.15, 0.2) is 24.3 Å². The SMILES string of the molecule is OCc1c(C2CC2)nn(Cc2ccc(Cl)cc2)c1Cl. The van der Waals surface area contributed by atoms with E-state index in [0.29, 0.717) is 22.6 Å². The van der Waals surface area contributed by atoms with E-state index in [1.54, 1.807) is 4.68 Å². The molecule has 1 heterocycles. The van der Waals surface area contributed by atoms with Crippen LogP contribution >= 0.6 is 23.2 Å². The summed E-state index contributed by atoms with van der Waals surface area (Å²) in [5.41, 5.74) is 2.82. The van der Waals surface area contributed by atoms with E-state index in [9.17, 15) is 5.11 Å². The summed E-state index contributed by atoms with van der Waals surface area (Å²) in [6.07, 6.45) is 2.28. The molecule has 0 amide bonds. The third kappa shape index (κ3) is 2.64. The quantitative estimate of drug-likeness (QED) is 0.936. The molecule has 1 aliphatic carbocycles. The highest BCUT2D eigenvalue weighted by Gasteiger charge is 2.31. The minimum atomic E-state index is -0.0503. The van der Waals surface area contributed by atoms with Crippen LogP contribution in [0.1, 0.15) is 35.6 Å². The Morgan fingerprint density at radius 2 is 1.89 bits per heavy atom. The third-order valence-electron chi connectivity index (χ3n) is 3.38. The molecule has 1 N–H and O–H groups in total. The van der Waals surface area contributed by atoms with Gasteiger partial charge in [0.25, 0.3) is 0 Å². The first-order valence-electron chi connectivity index (χ1n) is 6.29. The van der Waals surface area contributed by atoms with Crippen LogP contribution < -0.4 is 0 Å². The number of nitrogens with zero attached hydrogens (tertiary/aromatic N) is 2. The Morgan fingerprint density at radius 1 is 1.21 bits per heavy atom. The van der Waals surface area contributed by atoms with Crippen molar-refractivity contribution in [3.8, 4) is 0 Å². The van der Waals surface area contributed by atoms with E-state index in [2.05, 4.69) is 5.10 Å². The summed E-state index contributed by atoms with van der Waals surface area (Å²) in [5, 5.41) is 15.2. The molecule has 2 aromatic rings. The lowest BCUT2D eigenvalue weighted by Gasteiger charge is -2.03. The topological polar surface area (TPSA) is 38.1 Å². The van der Waals surface area contributed by atoms with Crippen molar-refractivity contribution in [3.05, 3.63) is 51.3 Å². The van der Waals surface area contributed by atoms with Gasteiger partial charge in [0.1, 0.15) is 5.15 Å². The number of aromatic nitrogens is 2. The van der Waals surface area contributed by atoms with Crippen LogP contribution in [0.25, 0.3) is 0 Å². The van der Waals surface area contributed by atoms with Gasteiger partial charge in [-0.3, -0.25) is 0 Å². The second-order valence-electron chi connectivity index (χ2n) is 4.87. The Kier molecular flexibility index (Phi) is 3.52. The molecule has 1 aromatic carbocycles. The molecule has 0 aliphatic heterocycles. The molecule has 1 saturated carbocycles. The highest BCUT2D eigenvalue weighted by Crippen LogP contribution is 2.42. The van der Waals surface area contributed by atoms with Gasteiger partial charge >= 0.3 is 0 Å². The molecule has 1 aliphatic rings. The van der Waals surface area contributed by atoms with E-state index in [4.69, 9.17) is 23.2 Å². The zero-order valence-electron chi connectivity index (χ0n) is 10.3. The predicted molar refractivity (Wildman–Crippen MR) is 75.7 cm³/mol. The fourth-order valence-corrected chi connectivity index (χ4v) is 2.57. The fraction of sp³-hybridized carbons (Fsp3) is 0.357. The maximum Gasteiger partial charge on any atom is 0.133 e. The number of halogens is 2. The number of aliphatic hydroxyl groups excluding tert-OH is 1. The summed E-state index contributed by atoms with van der Waals surface area (Å²) in [6, 6.07) is 7.61. The Morgan fingerprint density at radius 3 is 2.47 bits per heavy atom. The lowest BCUT2D eigenvalue weighted by atomic mass is 10.2. The van der Waals surface area contributed by atoms with Gasteiger partial charge in [-0.1, -0.05) is 35.3 Å². The van der Waals surface area contributed by atoms with Gasteiger partial charge in [0.15, 0.2) is 0 Å². The zero-order chi connectivity index (χ0) is 13.4. The second-order valence-corrected chi connectivity index (χ2v) is 5.67. The van der Waals surface area contributed by atoms with Crippen molar-refractivity contribution in [2.24, 2.45) is 0 Å². The van der Waals surface area contributed by atoms with Crippen molar-refractivity contribution in [2.75, 3.05) is 0 Å². The monoisotopic (exact) mass is 296 g/mol. The molecule has 0 atom stereocenters. The molecule has 3 nitrogen and oxygen atoms in total. The van der Waals surface area contributed by atoms with Gasteiger partial charge < -0.3 is 5.11 Å². The van der Waals surface area contributed by atoms with Gasteiger partial charge in [0.05, 0.1) is 18.8 Å². The molecule has 100 valence electrons. The van der Waals surface area contributed by atoms with Crippen molar-refractivity contribution in [3.63, 3.8) is 0 Å². The van der Waals surface area contributed by atoms with E-state index in [0.717, 1.165) is 29.7 Å². The number of rotatable bonds is 4. The molecular weight excluding hydrogens is 283 g/mol.